The van der Waals surface area contributed by atoms with Crippen LogP contribution in [0.4, 0.5) is 17.2 Å². The molecule has 0 saturated heterocycles. The smallest absolute Gasteiger partial charge is 0.256 e. The van der Waals surface area contributed by atoms with E-state index in [2.05, 4.69) is 69.3 Å². The second-order valence-electron chi connectivity index (χ2n) is 16.7. The largest absolute Gasteiger partial charge is 0.392 e. The summed E-state index contributed by atoms with van der Waals surface area (Å²) in [6.07, 6.45) is 10.4. The van der Waals surface area contributed by atoms with Gasteiger partial charge in [0, 0.05) is 79.1 Å². The van der Waals surface area contributed by atoms with Crippen LogP contribution in [0, 0.1) is 6.92 Å². The van der Waals surface area contributed by atoms with Crippen molar-refractivity contribution in [1.82, 2.24) is 25.8 Å². The summed E-state index contributed by atoms with van der Waals surface area (Å²) in [5, 5.41) is 16.0. The lowest BCUT2D eigenvalue weighted by Gasteiger charge is -2.26. The molecule has 4 aromatic rings. The van der Waals surface area contributed by atoms with Crippen LogP contribution in [0.1, 0.15) is 63.0 Å². The summed E-state index contributed by atoms with van der Waals surface area (Å²) >= 11 is 0. The summed E-state index contributed by atoms with van der Waals surface area (Å²) in [6, 6.07) is 24.0. The van der Waals surface area contributed by atoms with E-state index in [4.69, 9.17) is 23.7 Å². The Morgan fingerprint density at radius 2 is 1.49 bits per heavy atom. The van der Waals surface area contributed by atoms with Gasteiger partial charge in [-0.05, 0) is 80.2 Å². The Morgan fingerprint density at radius 1 is 0.831 bits per heavy atom. The van der Waals surface area contributed by atoms with Gasteiger partial charge in [-0.25, -0.2) is 4.98 Å². The molecule has 0 aliphatic heterocycles. The van der Waals surface area contributed by atoms with E-state index >= 15 is 0 Å². The second-order valence-corrected chi connectivity index (χ2v) is 16.7. The van der Waals surface area contributed by atoms with Crippen LogP contribution in [0.25, 0.3) is 11.3 Å². The van der Waals surface area contributed by atoms with Crippen LogP contribution in [-0.4, -0.2) is 128 Å². The van der Waals surface area contributed by atoms with Crippen LogP contribution in [0.2, 0.25) is 0 Å². The number of amides is 1. The summed E-state index contributed by atoms with van der Waals surface area (Å²) in [5.41, 5.74) is 10.7. The van der Waals surface area contributed by atoms with E-state index in [0.717, 1.165) is 83.1 Å². The third-order valence-corrected chi connectivity index (χ3v) is 11.5. The van der Waals surface area contributed by atoms with Crippen LogP contribution < -0.4 is 26.6 Å². The number of para-hydroxylation sites is 1. The van der Waals surface area contributed by atoms with E-state index in [-0.39, 0.29) is 11.9 Å². The highest BCUT2D eigenvalue weighted by atomic mass is 16.6. The number of rotatable bonds is 35. The molecular weight excluding hydrogens is 899 g/mol. The molecule has 5 N–H and O–H groups in total. The van der Waals surface area contributed by atoms with Gasteiger partial charge in [-0.1, -0.05) is 86.0 Å². The monoisotopic (exact) mass is 974 g/mol. The normalized spacial score (nSPS) is 11.9. The summed E-state index contributed by atoms with van der Waals surface area (Å²) in [4.78, 5) is 41.8. The van der Waals surface area contributed by atoms with Crippen molar-refractivity contribution < 1.29 is 38.1 Å². The fraction of sp³-hybridized carbons (Fsp3) is 0.393. The van der Waals surface area contributed by atoms with Gasteiger partial charge in [0.25, 0.3) is 5.91 Å². The minimum Gasteiger partial charge on any atom is -0.392 e. The minimum atomic E-state index is -0.188. The Kier molecular flexibility index (Phi) is 26.9. The first-order valence-electron chi connectivity index (χ1n) is 24.2. The highest BCUT2D eigenvalue weighted by molar-refractivity contribution is 6.27. The van der Waals surface area contributed by atoms with Crippen molar-refractivity contribution in [2.75, 3.05) is 104 Å². The number of ether oxygens (including phenoxy) is 5. The average molecular weight is 974 g/mol. The number of carbonyl (C=O) groups is 3. The molecule has 1 aliphatic rings. The first-order valence-corrected chi connectivity index (χ1v) is 24.2. The third-order valence-electron chi connectivity index (χ3n) is 11.5. The number of carbonyl (C=O) groups excluding carboxylic acids is 3. The fourth-order valence-electron chi connectivity index (χ4n) is 7.42. The number of likely N-dealkylation sites (N-methyl/N-ethyl adjacent to an activating group) is 1. The molecule has 0 radical (unpaired) electrons. The number of benzene rings is 3. The first-order chi connectivity index (χ1) is 34.6. The Balaban J connectivity index is 0.000000399. The Labute approximate surface area is 421 Å². The fourth-order valence-corrected chi connectivity index (χ4v) is 7.42. The van der Waals surface area contributed by atoms with E-state index < -0.39 is 0 Å². The molecular formula is C56H75N7O8. The number of nitrogens with one attached hydrogen (secondary N) is 5. The number of allylic oxidation sites excluding steroid dienone is 2. The van der Waals surface area contributed by atoms with Crippen LogP contribution in [0.3, 0.4) is 0 Å². The van der Waals surface area contributed by atoms with Crippen molar-refractivity contribution in [3.05, 3.63) is 156 Å². The molecule has 0 fully saturated rings. The van der Waals surface area contributed by atoms with Crippen molar-refractivity contribution in [3.8, 4) is 0 Å². The second kappa shape index (κ2) is 33.3. The number of hydrogen-bond donors (Lipinski definition) is 5. The molecule has 5 rings (SSSR count). The molecule has 1 aliphatic carbocycles. The molecule has 1 atom stereocenters. The number of anilines is 3. The highest BCUT2D eigenvalue weighted by Gasteiger charge is 2.22. The summed E-state index contributed by atoms with van der Waals surface area (Å²) < 4.78 is 27.3. The zero-order valence-electron chi connectivity index (χ0n) is 42.2. The minimum absolute atomic E-state index is 0.188. The Morgan fingerprint density at radius 3 is 2.14 bits per heavy atom. The molecule has 382 valence electrons. The predicted octanol–water partition coefficient (Wildman–Crippen LogP) is 7.66. The number of aromatic nitrogens is 1. The molecule has 1 unspecified atom stereocenters. The number of aldehydes is 2. The molecule has 1 heterocycles. The van der Waals surface area contributed by atoms with Gasteiger partial charge in [-0.15, -0.1) is 6.58 Å². The van der Waals surface area contributed by atoms with Gasteiger partial charge in [-0.3, -0.25) is 14.5 Å². The molecule has 0 spiro atoms. The van der Waals surface area contributed by atoms with Gasteiger partial charge in [0.05, 0.1) is 71.8 Å². The molecule has 0 bridgehead atoms. The maximum absolute atomic E-state index is 13.5. The van der Waals surface area contributed by atoms with Crippen molar-refractivity contribution in [1.29, 1.82) is 0 Å². The zero-order chi connectivity index (χ0) is 51.1. The van der Waals surface area contributed by atoms with Crippen molar-refractivity contribution in [2.24, 2.45) is 0 Å². The molecule has 0 saturated carbocycles. The van der Waals surface area contributed by atoms with Crippen LogP contribution in [0.5, 0.6) is 0 Å². The third kappa shape index (κ3) is 20.5. The molecule has 15 nitrogen and oxygen atoms in total. The topological polar surface area (TPSA) is 174 Å². The van der Waals surface area contributed by atoms with Gasteiger partial charge in [0.2, 0.25) is 0 Å². The molecule has 15 heteroatoms. The number of aryl methyl sites for hydroxylation is 1. The van der Waals surface area contributed by atoms with Crippen molar-refractivity contribution in [3.63, 3.8) is 0 Å². The number of hydrogen-bond acceptors (Lipinski definition) is 14. The van der Waals surface area contributed by atoms with E-state index in [9.17, 15) is 14.4 Å². The first kappa shape index (κ1) is 57.3. The van der Waals surface area contributed by atoms with E-state index in [1.165, 1.54) is 5.56 Å². The van der Waals surface area contributed by atoms with Gasteiger partial charge in [-0.2, -0.15) is 0 Å². The maximum atomic E-state index is 13.5. The molecule has 71 heavy (non-hydrogen) atoms. The van der Waals surface area contributed by atoms with Gasteiger partial charge >= 0.3 is 0 Å². The predicted molar refractivity (Wildman–Crippen MR) is 285 cm³/mol. The maximum Gasteiger partial charge on any atom is 0.256 e. The zero-order valence-corrected chi connectivity index (χ0v) is 42.2. The highest BCUT2D eigenvalue weighted by Crippen LogP contribution is 2.32. The Hall–Kier alpha value is -6.30. The summed E-state index contributed by atoms with van der Waals surface area (Å²) in [7, 11) is 5.87. The summed E-state index contributed by atoms with van der Waals surface area (Å²) in [5.74, 6) is 0.350. The number of nitrogens with zero attached hydrogens (tertiary/aromatic N) is 2. The Bertz CT molecular complexity index is 2340. The van der Waals surface area contributed by atoms with Crippen LogP contribution >= 0.6 is 0 Å². The molecule has 3 aromatic carbocycles. The van der Waals surface area contributed by atoms with Gasteiger partial charge in [0.1, 0.15) is 12.6 Å². The SMILES string of the molecule is C=C(NCCOCCOCCOCCOCCOCCC=O)c1cnc(Nc2ccccc2C)c(NC(=O)C2=CCc3ccccc32)c1.C=CC(CCC(=C)NC)N(C)Cc1cc(CNC)ccc1C=O. The van der Waals surface area contributed by atoms with Crippen molar-refractivity contribution in [2.45, 2.75) is 51.7 Å². The lowest BCUT2D eigenvalue weighted by atomic mass is 10.0. The standard InChI is InChI=1S/C37H46N4O7.C19H29N3O/c1-28-8-3-6-11-34(28)40-36-35(41-37(43)33-13-12-30-9-4-5-10-32(30)33)26-31(27-39-36)29(2)38-14-17-45-19-21-47-23-25-48-24-22-46-20-18-44-16-7-15-42;1-6-19(10-7-15(2)21-4)22(5)13-18-11-16(12-20-3)8-9-17(18)14-23/h3-6,8-11,13,15,26-27,38H,2,7,12,14,16-25H2,1H3,(H,39,40)(H,41,43);6,8-9,11,14,19-21H,1-2,7,10,12-13H2,3-5H3. The molecule has 1 amide bonds. The average Bonchev–Trinajstić information content (AvgIpc) is 3.82. The lowest BCUT2D eigenvalue weighted by molar-refractivity contribution is -0.111. The molecule has 1 aromatic heterocycles. The van der Waals surface area contributed by atoms with Crippen molar-refractivity contribution >= 4 is 46.9 Å². The summed E-state index contributed by atoms with van der Waals surface area (Å²) in [6.45, 7) is 20.8. The van der Waals surface area contributed by atoms with Gasteiger partial charge in [0.15, 0.2) is 5.82 Å². The number of pyridine rings is 1. The lowest BCUT2D eigenvalue weighted by Crippen LogP contribution is -2.30. The van der Waals surface area contributed by atoms with E-state index in [0.29, 0.717) is 108 Å². The van der Waals surface area contributed by atoms with Crippen LogP contribution in [-0.2, 0) is 52.8 Å². The van der Waals surface area contributed by atoms with Gasteiger partial charge < -0.3 is 55.1 Å². The van der Waals surface area contributed by atoms with E-state index in [1.54, 1.807) is 6.20 Å². The quantitative estimate of drug-likeness (QED) is 0.0173. The van der Waals surface area contributed by atoms with Crippen LogP contribution in [0.15, 0.2) is 117 Å². The van der Waals surface area contributed by atoms with E-state index in [1.807, 2.05) is 99.9 Å². The number of fused-ring (bicyclic) bond motifs is 1.